The molecule has 0 saturated heterocycles. The van der Waals surface area contributed by atoms with Crippen molar-refractivity contribution in [3.05, 3.63) is 24.3 Å². The lowest BCUT2D eigenvalue weighted by Crippen LogP contribution is -2.45. The first-order valence-corrected chi connectivity index (χ1v) is 5.90. The van der Waals surface area contributed by atoms with Gasteiger partial charge in [0.2, 0.25) is 0 Å². The maximum atomic E-state index is 12.7. The number of anilines is 1. The van der Waals surface area contributed by atoms with Gasteiger partial charge >= 0.3 is 6.18 Å². The molecule has 0 heterocycles. The van der Waals surface area contributed by atoms with E-state index in [4.69, 9.17) is 0 Å². The van der Waals surface area contributed by atoms with Crippen LogP contribution in [-0.4, -0.2) is 25.5 Å². The Bertz CT molecular complexity index is 424. The minimum absolute atomic E-state index is 0.0328. The molecule has 2 rings (SSSR count). The van der Waals surface area contributed by atoms with E-state index in [9.17, 15) is 13.2 Å². The van der Waals surface area contributed by atoms with Crippen molar-refractivity contribution in [1.29, 1.82) is 0 Å². The molecule has 1 aliphatic rings. The van der Waals surface area contributed by atoms with Gasteiger partial charge in [0.15, 0.2) is 0 Å². The fraction of sp³-hybridized carbons (Fsp3) is 0.462. The van der Waals surface area contributed by atoms with Crippen LogP contribution in [0, 0.1) is 0 Å². The van der Waals surface area contributed by atoms with Crippen LogP contribution in [-0.2, 0) is 0 Å². The fourth-order valence-electron chi connectivity index (χ4n) is 2.14. The Hall–Kier alpha value is -1.52. The fourth-order valence-corrected chi connectivity index (χ4v) is 2.14. The number of halogens is 3. The van der Waals surface area contributed by atoms with Crippen molar-refractivity contribution >= 4 is 18.1 Å². The van der Waals surface area contributed by atoms with Crippen LogP contribution in [0.2, 0.25) is 0 Å². The molecule has 0 spiro atoms. The molecule has 0 atom stereocenters. The smallest absolute Gasteiger partial charge is 0.358 e. The Balaban J connectivity index is 2.30. The van der Waals surface area contributed by atoms with Crippen molar-refractivity contribution in [3.63, 3.8) is 0 Å². The van der Waals surface area contributed by atoms with E-state index in [2.05, 4.69) is 11.7 Å². The van der Waals surface area contributed by atoms with Gasteiger partial charge in [0, 0.05) is 6.04 Å². The van der Waals surface area contributed by atoms with Crippen molar-refractivity contribution in [3.8, 4) is 0 Å². The average molecular weight is 256 g/mol. The first-order chi connectivity index (χ1) is 8.51. The highest BCUT2D eigenvalue weighted by Crippen LogP contribution is 2.37. The van der Waals surface area contributed by atoms with Crippen LogP contribution in [0.15, 0.2) is 29.3 Å². The molecule has 0 N–H and O–H groups in total. The zero-order valence-electron chi connectivity index (χ0n) is 9.95. The summed E-state index contributed by atoms with van der Waals surface area (Å²) in [5.74, 6) is 0. The van der Waals surface area contributed by atoms with Crippen LogP contribution in [0.1, 0.15) is 19.3 Å². The van der Waals surface area contributed by atoms with E-state index in [1.54, 1.807) is 24.3 Å². The predicted octanol–water partition coefficient (Wildman–Crippen LogP) is 3.94. The van der Waals surface area contributed by atoms with Crippen LogP contribution in [0.4, 0.5) is 24.5 Å². The van der Waals surface area contributed by atoms with E-state index in [0.29, 0.717) is 11.4 Å². The second-order valence-electron chi connectivity index (χ2n) is 4.47. The first-order valence-electron chi connectivity index (χ1n) is 5.90. The standard InChI is InChI=1S/C13H15F3N2/c1-17-11-7-2-3-8-12(11)18(9-13(14,15)16)10-5-4-6-10/h2-3,7-8,10H,1,4-6,9H2. The molecule has 98 valence electrons. The van der Waals surface area contributed by atoms with Crippen molar-refractivity contribution < 1.29 is 13.2 Å². The highest BCUT2D eigenvalue weighted by atomic mass is 19.4. The summed E-state index contributed by atoms with van der Waals surface area (Å²) in [5.41, 5.74) is 1.03. The minimum atomic E-state index is -4.20. The first kappa shape index (κ1) is 12.9. The summed E-state index contributed by atoms with van der Waals surface area (Å²) in [6.45, 7) is 2.49. The largest absolute Gasteiger partial charge is 0.405 e. The molecule has 1 saturated carbocycles. The molecule has 0 amide bonds. The molecule has 2 nitrogen and oxygen atoms in total. The van der Waals surface area contributed by atoms with Gasteiger partial charge in [0.1, 0.15) is 6.54 Å². The van der Waals surface area contributed by atoms with Crippen molar-refractivity contribution in [2.24, 2.45) is 4.99 Å². The second-order valence-corrected chi connectivity index (χ2v) is 4.47. The van der Waals surface area contributed by atoms with Gasteiger partial charge < -0.3 is 4.90 Å². The van der Waals surface area contributed by atoms with E-state index >= 15 is 0 Å². The van der Waals surface area contributed by atoms with Crippen LogP contribution in [0.25, 0.3) is 0 Å². The molecule has 0 radical (unpaired) electrons. The summed E-state index contributed by atoms with van der Waals surface area (Å²) in [7, 11) is 0. The second kappa shape index (κ2) is 5.00. The SMILES string of the molecule is C=Nc1ccccc1N(CC(F)(F)F)C1CCC1. The summed E-state index contributed by atoms with van der Waals surface area (Å²) in [6.07, 6.45) is -1.60. The Morgan fingerprint density at radius 3 is 2.44 bits per heavy atom. The number of hydrogen-bond acceptors (Lipinski definition) is 2. The number of benzene rings is 1. The quantitative estimate of drug-likeness (QED) is 0.745. The van der Waals surface area contributed by atoms with Crippen LogP contribution >= 0.6 is 0 Å². The molecule has 5 heteroatoms. The summed E-state index contributed by atoms with van der Waals surface area (Å²) in [6, 6.07) is 6.81. The molecule has 1 aromatic rings. The zero-order valence-corrected chi connectivity index (χ0v) is 9.95. The number of aliphatic imine (C=N–C) groups is 1. The van der Waals surface area contributed by atoms with Gasteiger partial charge in [0.05, 0.1) is 11.4 Å². The lowest BCUT2D eigenvalue weighted by atomic mass is 9.91. The molecule has 0 aromatic heterocycles. The number of alkyl halides is 3. The van der Waals surface area contributed by atoms with Crippen molar-refractivity contribution in [2.75, 3.05) is 11.4 Å². The molecule has 0 aliphatic heterocycles. The van der Waals surface area contributed by atoms with Crippen LogP contribution < -0.4 is 4.90 Å². The van der Waals surface area contributed by atoms with Crippen LogP contribution in [0.5, 0.6) is 0 Å². The summed E-state index contributed by atoms with van der Waals surface area (Å²) in [5, 5.41) is 0. The lowest BCUT2D eigenvalue weighted by molar-refractivity contribution is -0.121. The maximum Gasteiger partial charge on any atom is 0.405 e. The predicted molar refractivity (Wildman–Crippen MR) is 66.7 cm³/mol. The van der Waals surface area contributed by atoms with Gasteiger partial charge in [-0.1, -0.05) is 12.1 Å². The molecule has 18 heavy (non-hydrogen) atoms. The molecule has 1 aliphatic carbocycles. The van der Waals surface area contributed by atoms with Gasteiger partial charge in [0.25, 0.3) is 0 Å². The number of nitrogens with zero attached hydrogens (tertiary/aromatic N) is 2. The van der Waals surface area contributed by atoms with E-state index in [0.717, 1.165) is 19.3 Å². The van der Waals surface area contributed by atoms with E-state index in [-0.39, 0.29) is 6.04 Å². The molecular weight excluding hydrogens is 241 g/mol. The van der Waals surface area contributed by atoms with Crippen LogP contribution in [0.3, 0.4) is 0 Å². The molecule has 0 unspecified atom stereocenters. The lowest BCUT2D eigenvalue weighted by Gasteiger charge is -2.40. The van der Waals surface area contributed by atoms with E-state index in [1.807, 2.05) is 0 Å². The molecular formula is C13H15F3N2. The van der Waals surface area contributed by atoms with Gasteiger partial charge in [-0.3, -0.25) is 4.99 Å². The third kappa shape index (κ3) is 2.83. The summed E-state index contributed by atoms with van der Waals surface area (Å²) < 4.78 is 38.0. The molecule has 1 fully saturated rings. The van der Waals surface area contributed by atoms with E-state index in [1.165, 1.54) is 4.90 Å². The molecule has 0 bridgehead atoms. The summed E-state index contributed by atoms with van der Waals surface area (Å²) >= 11 is 0. The molecule has 1 aromatic carbocycles. The zero-order chi connectivity index (χ0) is 13.2. The van der Waals surface area contributed by atoms with Gasteiger partial charge in [-0.2, -0.15) is 13.2 Å². The topological polar surface area (TPSA) is 15.6 Å². The minimum Gasteiger partial charge on any atom is -0.358 e. The maximum absolute atomic E-state index is 12.7. The van der Waals surface area contributed by atoms with Gasteiger partial charge in [-0.05, 0) is 38.1 Å². The third-order valence-electron chi connectivity index (χ3n) is 3.23. The highest BCUT2D eigenvalue weighted by molar-refractivity contribution is 5.69. The monoisotopic (exact) mass is 256 g/mol. The number of rotatable bonds is 4. The Morgan fingerprint density at radius 1 is 1.28 bits per heavy atom. The van der Waals surface area contributed by atoms with Crippen molar-refractivity contribution in [1.82, 2.24) is 0 Å². The Morgan fingerprint density at radius 2 is 1.94 bits per heavy atom. The van der Waals surface area contributed by atoms with Gasteiger partial charge in [-0.15, -0.1) is 0 Å². The van der Waals surface area contributed by atoms with Gasteiger partial charge in [-0.25, -0.2) is 0 Å². The normalized spacial score (nSPS) is 16.2. The number of hydrogen-bond donors (Lipinski definition) is 0. The Kier molecular flexibility index (Phi) is 3.59. The van der Waals surface area contributed by atoms with Crippen molar-refractivity contribution in [2.45, 2.75) is 31.5 Å². The summed E-state index contributed by atoms with van der Waals surface area (Å²) in [4.78, 5) is 5.21. The average Bonchev–Trinajstić information content (AvgIpc) is 2.24. The number of para-hydroxylation sites is 2. The third-order valence-corrected chi connectivity index (χ3v) is 3.23. The van der Waals surface area contributed by atoms with E-state index < -0.39 is 12.7 Å². The highest BCUT2D eigenvalue weighted by Gasteiger charge is 2.36. The Labute approximate surface area is 104 Å².